The average Bonchev–Trinajstić information content (AvgIpc) is 2.42. The molecule has 0 bridgehead atoms. The summed E-state index contributed by atoms with van der Waals surface area (Å²) in [7, 11) is 0. The lowest BCUT2D eigenvalue weighted by Gasteiger charge is -2.13. The summed E-state index contributed by atoms with van der Waals surface area (Å²) in [5, 5.41) is 0. The summed E-state index contributed by atoms with van der Waals surface area (Å²) >= 11 is 9.01. The molecule has 0 fully saturated rings. The number of benzene rings is 2. The lowest BCUT2D eigenvalue weighted by molar-refractivity contribution is 0.364. The van der Waals surface area contributed by atoms with Crippen LogP contribution < -0.4 is 9.47 Å². The quantitative estimate of drug-likeness (QED) is 0.289. The third kappa shape index (κ3) is 4.74. The van der Waals surface area contributed by atoms with E-state index in [4.69, 9.17) is 15.9 Å². The molecule has 0 aliphatic carbocycles. The summed E-state index contributed by atoms with van der Waals surface area (Å²) in [5.74, 6) is 4.95. The summed E-state index contributed by atoms with van der Waals surface area (Å²) in [4.78, 5) is 0. The minimum Gasteiger partial charge on any atom is -0.479 e. The van der Waals surface area contributed by atoms with Gasteiger partial charge in [0.25, 0.3) is 0 Å². The standard InChI is InChI=1S/C15H8I4O2/c1-2-6-20-14-12(18)7-9(8-13(14)19)21-15-10(16)4-3-5-11(15)17/h1,3-5,7-8H,6H2. The van der Waals surface area contributed by atoms with Crippen LogP contribution in [0.1, 0.15) is 0 Å². The van der Waals surface area contributed by atoms with Crippen LogP contribution in [0.3, 0.4) is 0 Å². The van der Waals surface area contributed by atoms with Gasteiger partial charge in [0.1, 0.15) is 18.1 Å². The molecule has 2 aromatic carbocycles. The fourth-order valence-corrected chi connectivity index (χ4v) is 5.30. The van der Waals surface area contributed by atoms with E-state index in [1.54, 1.807) is 0 Å². The van der Waals surface area contributed by atoms with Crippen LogP contribution in [-0.4, -0.2) is 6.61 Å². The normalized spacial score (nSPS) is 10.0. The van der Waals surface area contributed by atoms with Gasteiger partial charge in [-0.25, -0.2) is 0 Å². The lowest BCUT2D eigenvalue weighted by atomic mass is 10.3. The molecule has 6 heteroatoms. The summed E-state index contributed by atoms with van der Waals surface area (Å²) in [6.07, 6.45) is 5.24. The first-order valence-corrected chi connectivity index (χ1v) is 10.0. The van der Waals surface area contributed by atoms with E-state index in [1.807, 2.05) is 30.3 Å². The molecule has 0 radical (unpaired) electrons. The van der Waals surface area contributed by atoms with Crippen molar-refractivity contribution in [3.63, 3.8) is 0 Å². The van der Waals surface area contributed by atoms with Gasteiger partial charge < -0.3 is 9.47 Å². The van der Waals surface area contributed by atoms with E-state index in [0.29, 0.717) is 0 Å². The first-order valence-electron chi connectivity index (χ1n) is 5.70. The van der Waals surface area contributed by atoms with Crippen molar-refractivity contribution in [1.29, 1.82) is 0 Å². The molecule has 2 nitrogen and oxygen atoms in total. The molecule has 0 aliphatic rings. The number of ether oxygens (including phenoxy) is 2. The molecule has 0 atom stereocenters. The van der Waals surface area contributed by atoms with Gasteiger partial charge in [-0.1, -0.05) is 12.0 Å². The van der Waals surface area contributed by atoms with Gasteiger partial charge in [-0.15, -0.1) is 6.42 Å². The van der Waals surface area contributed by atoms with E-state index < -0.39 is 0 Å². The molecule has 0 aliphatic heterocycles. The van der Waals surface area contributed by atoms with Crippen molar-refractivity contribution in [3.8, 4) is 29.6 Å². The van der Waals surface area contributed by atoms with E-state index in [1.165, 1.54) is 0 Å². The molecule has 0 saturated carbocycles. The van der Waals surface area contributed by atoms with Crippen LogP contribution in [0.15, 0.2) is 30.3 Å². The summed E-state index contributed by atoms with van der Waals surface area (Å²) in [5.41, 5.74) is 0. The van der Waals surface area contributed by atoms with Crippen molar-refractivity contribution in [2.75, 3.05) is 6.61 Å². The Morgan fingerprint density at radius 2 is 1.48 bits per heavy atom. The minimum absolute atomic E-state index is 0.265. The molecular formula is C15H8I4O2. The smallest absolute Gasteiger partial charge is 0.154 e. The number of para-hydroxylation sites is 1. The number of hydrogen-bond donors (Lipinski definition) is 0. The van der Waals surface area contributed by atoms with Gasteiger partial charge in [-0.3, -0.25) is 0 Å². The van der Waals surface area contributed by atoms with Crippen molar-refractivity contribution >= 4 is 90.4 Å². The number of rotatable bonds is 4. The number of terminal acetylenes is 1. The summed E-state index contributed by atoms with van der Waals surface area (Å²) in [6.45, 7) is 0.265. The first-order chi connectivity index (χ1) is 10.0. The zero-order valence-corrected chi connectivity index (χ0v) is 19.1. The topological polar surface area (TPSA) is 18.5 Å². The zero-order chi connectivity index (χ0) is 15.4. The first kappa shape index (κ1) is 17.9. The Bertz CT molecular complexity index is 664. The molecule has 108 valence electrons. The molecule has 0 saturated heterocycles. The third-order valence-corrected chi connectivity index (χ3v) is 5.71. The van der Waals surface area contributed by atoms with Crippen LogP contribution >= 0.6 is 90.4 Å². The zero-order valence-electron chi connectivity index (χ0n) is 10.5. The van der Waals surface area contributed by atoms with Crippen molar-refractivity contribution in [1.82, 2.24) is 0 Å². The second-order valence-electron chi connectivity index (χ2n) is 3.86. The van der Waals surface area contributed by atoms with Crippen molar-refractivity contribution < 1.29 is 9.47 Å². The highest BCUT2D eigenvalue weighted by atomic mass is 127. The van der Waals surface area contributed by atoms with Gasteiger partial charge >= 0.3 is 0 Å². The van der Waals surface area contributed by atoms with Crippen molar-refractivity contribution in [2.45, 2.75) is 0 Å². The monoisotopic (exact) mass is 728 g/mol. The van der Waals surface area contributed by atoms with Crippen molar-refractivity contribution in [2.24, 2.45) is 0 Å². The lowest BCUT2D eigenvalue weighted by Crippen LogP contribution is -1.99. The highest BCUT2D eigenvalue weighted by Gasteiger charge is 2.12. The molecule has 0 aromatic heterocycles. The Morgan fingerprint density at radius 3 is 2.00 bits per heavy atom. The number of halogens is 4. The largest absolute Gasteiger partial charge is 0.479 e. The Kier molecular flexibility index (Phi) is 7.14. The van der Waals surface area contributed by atoms with Crippen LogP contribution in [0.5, 0.6) is 17.2 Å². The van der Waals surface area contributed by atoms with Crippen LogP contribution in [0, 0.1) is 26.6 Å². The molecular weight excluding hydrogens is 720 g/mol. The average molecular weight is 728 g/mol. The van der Waals surface area contributed by atoms with Crippen LogP contribution in [0.2, 0.25) is 0 Å². The maximum atomic E-state index is 6.04. The Hall–Kier alpha value is 0.520. The highest BCUT2D eigenvalue weighted by molar-refractivity contribution is 14.1. The predicted octanol–water partition coefficient (Wildman–Crippen LogP) is 5.91. The van der Waals surface area contributed by atoms with E-state index in [9.17, 15) is 0 Å². The fourth-order valence-electron chi connectivity index (χ4n) is 1.55. The number of hydrogen-bond acceptors (Lipinski definition) is 2. The van der Waals surface area contributed by atoms with Gasteiger partial charge in [0.15, 0.2) is 5.75 Å². The second kappa shape index (κ2) is 8.39. The highest BCUT2D eigenvalue weighted by Crippen LogP contribution is 2.36. The molecule has 0 spiro atoms. The fraction of sp³-hybridized carbons (Fsp3) is 0.0667. The molecule has 2 aromatic rings. The van der Waals surface area contributed by atoms with Crippen LogP contribution in [0.4, 0.5) is 0 Å². The minimum atomic E-state index is 0.265. The molecule has 0 N–H and O–H groups in total. The third-order valence-electron chi connectivity index (χ3n) is 2.41. The van der Waals surface area contributed by atoms with Gasteiger partial charge in [0.2, 0.25) is 0 Å². The van der Waals surface area contributed by atoms with Gasteiger partial charge in [-0.05, 0) is 115 Å². The molecule has 2 rings (SSSR count). The van der Waals surface area contributed by atoms with Crippen LogP contribution in [0.25, 0.3) is 0 Å². The molecule has 0 heterocycles. The Balaban J connectivity index is 2.32. The van der Waals surface area contributed by atoms with E-state index in [2.05, 4.69) is 96.3 Å². The molecule has 0 unspecified atom stereocenters. The Morgan fingerprint density at radius 1 is 0.905 bits per heavy atom. The SMILES string of the molecule is C#CCOc1c(I)cc(Oc2c(I)cccc2I)cc1I. The molecule has 21 heavy (non-hydrogen) atoms. The molecule has 0 amide bonds. The van der Waals surface area contributed by atoms with Crippen LogP contribution in [-0.2, 0) is 0 Å². The Labute approximate surface area is 178 Å². The van der Waals surface area contributed by atoms with Gasteiger partial charge in [-0.2, -0.15) is 0 Å². The van der Waals surface area contributed by atoms with Gasteiger partial charge in [0.05, 0.1) is 14.3 Å². The van der Waals surface area contributed by atoms with E-state index >= 15 is 0 Å². The second-order valence-corrected chi connectivity index (χ2v) is 8.51. The summed E-state index contributed by atoms with van der Waals surface area (Å²) in [6, 6.07) is 9.97. The van der Waals surface area contributed by atoms with E-state index in [-0.39, 0.29) is 6.61 Å². The maximum absolute atomic E-state index is 6.04. The van der Waals surface area contributed by atoms with E-state index in [0.717, 1.165) is 31.5 Å². The van der Waals surface area contributed by atoms with Gasteiger partial charge in [0, 0.05) is 0 Å². The summed E-state index contributed by atoms with van der Waals surface area (Å²) < 4.78 is 15.7. The predicted molar refractivity (Wildman–Crippen MR) is 118 cm³/mol. The maximum Gasteiger partial charge on any atom is 0.154 e. The van der Waals surface area contributed by atoms with Crippen molar-refractivity contribution in [3.05, 3.63) is 44.6 Å².